The molecule has 0 bridgehead atoms. The van der Waals surface area contributed by atoms with Crippen molar-refractivity contribution < 1.29 is 0 Å². The van der Waals surface area contributed by atoms with Crippen LogP contribution in [-0.2, 0) is 12.8 Å². The molecule has 1 N–H and O–H groups in total. The van der Waals surface area contributed by atoms with Gasteiger partial charge in [0, 0.05) is 12.1 Å². The minimum absolute atomic E-state index is 0.643. The first-order valence-corrected chi connectivity index (χ1v) is 7.07. The highest BCUT2D eigenvalue weighted by Gasteiger charge is 2.23. The SMILES string of the molecule is CCC(CC)C(C)NC1Cc2ccccc2C1. The van der Waals surface area contributed by atoms with E-state index < -0.39 is 0 Å². The van der Waals surface area contributed by atoms with Crippen LogP contribution < -0.4 is 5.32 Å². The van der Waals surface area contributed by atoms with Gasteiger partial charge in [-0.25, -0.2) is 0 Å². The molecule has 1 atom stereocenters. The lowest BCUT2D eigenvalue weighted by atomic mass is 9.94. The standard InChI is InChI=1S/C16H25N/c1-4-13(5-2)12(3)17-16-10-14-8-6-7-9-15(14)11-16/h6-9,12-13,16-17H,4-5,10-11H2,1-3H3. The fourth-order valence-corrected chi connectivity index (χ4v) is 3.18. The molecule has 0 radical (unpaired) electrons. The Bertz CT molecular complexity index is 329. The van der Waals surface area contributed by atoms with E-state index in [0.29, 0.717) is 12.1 Å². The minimum atomic E-state index is 0.643. The molecule has 1 heteroatoms. The molecule has 0 saturated carbocycles. The van der Waals surface area contributed by atoms with Gasteiger partial charge >= 0.3 is 0 Å². The Morgan fingerprint density at radius 1 is 1.12 bits per heavy atom. The summed E-state index contributed by atoms with van der Waals surface area (Å²) in [6.07, 6.45) is 4.98. The highest BCUT2D eigenvalue weighted by atomic mass is 15.0. The first kappa shape index (κ1) is 12.6. The van der Waals surface area contributed by atoms with Crippen molar-refractivity contribution in [1.29, 1.82) is 0 Å². The molecule has 1 aromatic carbocycles. The zero-order chi connectivity index (χ0) is 12.3. The zero-order valence-corrected chi connectivity index (χ0v) is 11.4. The Labute approximate surface area is 106 Å². The average Bonchev–Trinajstić information content (AvgIpc) is 2.72. The molecule has 0 fully saturated rings. The molecule has 1 aliphatic carbocycles. The van der Waals surface area contributed by atoms with Crippen LogP contribution >= 0.6 is 0 Å². The van der Waals surface area contributed by atoms with Gasteiger partial charge in [-0.1, -0.05) is 51.0 Å². The predicted octanol–water partition coefficient (Wildman–Crippen LogP) is 3.57. The van der Waals surface area contributed by atoms with E-state index in [1.807, 2.05) is 0 Å². The maximum Gasteiger partial charge on any atom is 0.0151 e. The van der Waals surface area contributed by atoms with Crippen molar-refractivity contribution in [3.8, 4) is 0 Å². The Morgan fingerprint density at radius 3 is 2.12 bits per heavy atom. The number of benzene rings is 1. The van der Waals surface area contributed by atoms with Gasteiger partial charge in [0.25, 0.3) is 0 Å². The highest BCUT2D eigenvalue weighted by Crippen LogP contribution is 2.23. The molecule has 94 valence electrons. The molecule has 0 aromatic heterocycles. The van der Waals surface area contributed by atoms with Crippen LogP contribution in [0.4, 0.5) is 0 Å². The first-order chi connectivity index (χ1) is 8.24. The summed E-state index contributed by atoms with van der Waals surface area (Å²) in [6.45, 7) is 6.95. The second-order valence-electron chi connectivity index (χ2n) is 5.41. The van der Waals surface area contributed by atoms with Crippen molar-refractivity contribution in [2.75, 3.05) is 0 Å². The maximum absolute atomic E-state index is 3.83. The van der Waals surface area contributed by atoms with Crippen LogP contribution in [0.5, 0.6) is 0 Å². The van der Waals surface area contributed by atoms with Crippen LogP contribution in [0, 0.1) is 5.92 Å². The van der Waals surface area contributed by atoms with E-state index >= 15 is 0 Å². The average molecular weight is 231 g/mol. The Balaban J connectivity index is 1.91. The predicted molar refractivity (Wildman–Crippen MR) is 74.3 cm³/mol. The molecule has 0 amide bonds. The normalized spacial score (nSPS) is 17.4. The number of fused-ring (bicyclic) bond motifs is 1. The topological polar surface area (TPSA) is 12.0 Å². The maximum atomic E-state index is 3.83. The molecule has 17 heavy (non-hydrogen) atoms. The lowest BCUT2D eigenvalue weighted by Crippen LogP contribution is -2.41. The summed E-state index contributed by atoms with van der Waals surface area (Å²) in [5.74, 6) is 0.818. The van der Waals surface area contributed by atoms with Crippen LogP contribution in [0.2, 0.25) is 0 Å². The summed E-state index contributed by atoms with van der Waals surface area (Å²) in [6, 6.07) is 10.2. The molecule has 1 aromatic rings. The Hall–Kier alpha value is -0.820. The third kappa shape index (κ3) is 2.90. The van der Waals surface area contributed by atoms with E-state index in [-0.39, 0.29) is 0 Å². The molecule has 2 rings (SSSR count). The molecule has 1 unspecified atom stereocenters. The van der Waals surface area contributed by atoms with Gasteiger partial charge in [0.05, 0.1) is 0 Å². The van der Waals surface area contributed by atoms with Crippen molar-refractivity contribution >= 4 is 0 Å². The quantitative estimate of drug-likeness (QED) is 0.817. The minimum Gasteiger partial charge on any atom is -0.311 e. The van der Waals surface area contributed by atoms with Gasteiger partial charge in [0.2, 0.25) is 0 Å². The zero-order valence-electron chi connectivity index (χ0n) is 11.4. The van der Waals surface area contributed by atoms with Crippen LogP contribution in [0.25, 0.3) is 0 Å². The second kappa shape index (κ2) is 5.68. The van der Waals surface area contributed by atoms with Gasteiger partial charge < -0.3 is 5.32 Å². The monoisotopic (exact) mass is 231 g/mol. The number of rotatable bonds is 5. The summed E-state index contributed by atoms with van der Waals surface area (Å²) in [5.41, 5.74) is 3.09. The lowest BCUT2D eigenvalue weighted by Gasteiger charge is -2.26. The van der Waals surface area contributed by atoms with Crippen molar-refractivity contribution in [1.82, 2.24) is 5.32 Å². The summed E-state index contributed by atoms with van der Waals surface area (Å²) >= 11 is 0. The van der Waals surface area contributed by atoms with Gasteiger partial charge in [-0.3, -0.25) is 0 Å². The third-order valence-electron chi connectivity index (χ3n) is 4.31. The van der Waals surface area contributed by atoms with Crippen molar-refractivity contribution in [3.05, 3.63) is 35.4 Å². The van der Waals surface area contributed by atoms with Gasteiger partial charge in [-0.05, 0) is 36.8 Å². The Kier molecular flexibility index (Phi) is 4.22. The number of hydrogen-bond acceptors (Lipinski definition) is 1. The second-order valence-corrected chi connectivity index (χ2v) is 5.41. The molecule has 1 nitrogen and oxygen atoms in total. The molecular weight excluding hydrogens is 206 g/mol. The van der Waals surface area contributed by atoms with E-state index in [1.165, 1.54) is 25.7 Å². The molecule has 0 spiro atoms. The molecular formula is C16H25N. The fraction of sp³-hybridized carbons (Fsp3) is 0.625. The summed E-state index contributed by atoms with van der Waals surface area (Å²) in [4.78, 5) is 0. The summed E-state index contributed by atoms with van der Waals surface area (Å²) in [7, 11) is 0. The van der Waals surface area contributed by atoms with E-state index in [2.05, 4.69) is 50.4 Å². The summed E-state index contributed by atoms with van der Waals surface area (Å²) < 4.78 is 0. The molecule has 1 aliphatic rings. The fourth-order valence-electron chi connectivity index (χ4n) is 3.18. The van der Waals surface area contributed by atoms with Crippen LogP contribution in [0.15, 0.2) is 24.3 Å². The number of nitrogens with one attached hydrogen (secondary N) is 1. The van der Waals surface area contributed by atoms with Gasteiger partial charge in [-0.2, -0.15) is 0 Å². The molecule has 0 saturated heterocycles. The van der Waals surface area contributed by atoms with Crippen LogP contribution in [-0.4, -0.2) is 12.1 Å². The smallest absolute Gasteiger partial charge is 0.0151 e. The largest absolute Gasteiger partial charge is 0.311 e. The number of hydrogen-bond donors (Lipinski definition) is 1. The summed E-state index contributed by atoms with van der Waals surface area (Å²) in [5, 5.41) is 3.83. The van der Waals surface area contributed by atoms with Crippen LogP contribution in [0.3, 0.4) is 0 Å². The molecule has 0 aliphatic heterocycles. The van der Waals surface area contributed by atoms with Crippen molar-refractivity contribution in [2.45, 2.75) is 58.5 Å². The lowest BCUT2D eigenvalue weighted by molar-refractivity contribution is 0.323. The van der Waals surface area contributed by atoms with Crippen molar-refractivity contribution in [2.24, 2.45) is 5.92 Å². The highest BCUT2D eigenvalue weighted by molar-refractivity contribution is 5.33. The molecule has 0 heterocycles. The van der Waals surface area contributed by atoms with Crippen molar-refractivity contribution in [3.63, 3.8) is 0 Å². The van der Waals surface area contributed by atoms with Gasteiger partial charge in [-0.15, -0.1) is 0 Å². The first-order valence-electron chi connectivity index (χ1n) is 7.07. The van der Waals surface area contributed by atoms with E-state index in [1.54, 1.807) is 11.1 Å². The van der Waals surface area contributed by atoms with Gasteiger partial charge in [0.15, 0.2) is 0 Å². The van der Waals surface area contributed by atoms with Gasteiger partial charge in [0.1, 0.15) is 0 Å². The van der Waals surface area contributed by atoms with E-state index in [4.69, 9.17) is 0 Å². The van der Waals surface area contributed by atoms with E-state index in [0.717, 1.165) is 5.92 Å². The third-order valence-corrected chi connectivity index (χ3v) is 4.31. The van der Waals surface area contributed by atoms with Crippen LogP contribution in [0.1, 0.15) is 44.7 Å². The van der Waals surface area contributed by atoms with E-state index in [9.17, 15) is 0 Å². The Morgan fingerprint density at radius 2 is 1.65 bits per heavy atom.